The van der Waals surface area contributed by atoms with Gasteiger partial charge in [-0.15, -0.1) is 0 Å². The molecule has 4 amide bonds. The lowest BCUT2D eigenvalue weighted by atomic mass is 9.94. The van der Waals surface area contributed by atoms with Gasteiger partial charge in [-0.25, -0.2) is 0 Å². The van der Waals surface area contributed by atoms with Gasteiger partial charge < -0.3 is 30.3 Å². The summed E-state index contributed by atoms with van der Waals surface area (Å²) in [4.78, 5) is 60.7. The molecule has 0 bridgehead atoms. The SMILES string of the molecule is CC1CCN(C2CCCN(Cc3cc(C(=O)Nc4ccc5c(c4)NC(=O)C(C)O5)ccc3-c3ccccc3)C2)CC1.CN1C(=O)C(C)(C)Oc2ccc(NC(=O)c3ccc(-c4ccccc4)c(CN4CCCCC4)c3)cc21. The highest BCUT2D eigenvalue weighted by molar-refractivity contribution is 6.07. The number of likely N-dealkylation sites (N-methyl/N-ethyl adjacent to an activating group) is 1. The average Bonchev–Trinajstić information content (AvgIpc) is 3.44. The zero-order valence-corrected chi connectivity index (χ0v) is 45.3. The number of amides is 4. The van der Waals surface area contributed by atoms with Crippen LogP contribution in [0.25, 0.3) is 22.3 Å². The Balaban J connectivity index is 0.000000176. The maximum atomic E-state index is 13.4. The molecule has 0 aromatic heterocycles. The molecule has 11 rings (SSSR count). The molecule has 3 N–H and O–H groups in total. The van der Waals surface area contributed by atoms with Crippen LogP contribution in [0.15, 0.2) is 133 Å². The first-order chi connectivity index (χ1) is 37.2. The van der Waals surface area contributed by atoms with E-state index in [2.05, 4.69) is 92.2 Å². The van der Waals surface area contributed by atoms with Crippen LogP contribution in [0.3, 0.4) is 0 Å². The number of hydrogen-bond donors (Lipinski definition) is 3. The molecule has 13 heteroatoms. The Morgan fingerprint density at radius 1 is 0.623 bits per heavy atom. The Hall–Kier alpha value is -7.32. The number of hydrogen-bond acceptors (Lipinski definition) is 9. The molecule has 3 fully saturated rings. The van der Waals surface area contributed by atoms with Gasteiger partial charge in [0.2, 0.25) is 0 Å². The average molecular weight is 1040 g/mol. The summed E-state index contributed by atoms with van der Waals surface area (Å²) in [6.07, 6.45) is 8.26. The fraction of sp³-hybridized carbons (Fsp3) is 0.375. The number of rotatable bonds is 11. The summed E-state index contributed by atoms with van der Waals surface area (Å²) in [6, 6.07) is 44.1. The van der Waals surface area contributed by atoms with E-state index in [4.69, 9.17) is 9.47 Å². The first-order valence-corrected chi connectivity index (χ1v) is 27.7. The smallest absolute Gasteiger partial charge is 0.270 e. The van der Waals surface area contributed by atoms with E-state index >= 15 is 0 Å². The summed E-state index contributed by atoms with van der Waals surface area (Å²) in [5.41, 5.74) is 9.70. The Morgan fingerprint density at radius 2 is 1.18 bits per heavy atom. The number of nitrogens with zero attached hydrogens (tertiary/aromatic N) is 4. The minimum Gasteiger partial charge on any atom is -0.479 e. The highest BCUT2D eigenvalue weighted by atomic mass is 16.5. The van der Waals surface area contributed by atoms with E-state index in [0.29, 0.717) is 51.4 Å². The van der Waals surface area contributed by atoms with Crippen molar-refractivity contribution in [2.24, 2.45) is 5.92 Å². The van der Waals surface area contributed by atoms with Gasteiger partial charge in [0, 0.05) is 55.2 Å². The number of nitrogens with one attached hydrogen (secondary N) is 3. The second-order valence-electron chi connectivity index (χ2n) is 22.1. The van der Waals surface area contributed by atoms with Crippen molar-refractivity contribution in [1.82, 2.24) is 14.7 Å². The molecule has 13 nitrogen and oxygen atoms in total. The van der Waals surface area contributed by atoms with Crippen LogP contribution in [0.1, 0.15) is 104 Å². The van der Waals surface area contributed by atoms with Gasteiger partial charge >= 0.3 is 0 Å². The molecule has 5 aliphatic heterocycles. The Kier molecular flexibility index (Phi) is 16.2. The van der Waals surface area contributed by atoms with Gasteiger partial charge in [-0.2, -0.15) is 0 Å². The lowest BCUT2D eigenvalue weighted by Crippen LogP contribution is -2.50. The van der Waals surface area contributed by atoms with E-state index in [9.17, 15) is 19.2 Å². The predicted octanol–water partition coefficient (Wildman–Crippen LogP) is 11.7. The fourth-order valence-electron chi connectivity index (χ4n) is 11.5. The molecule has 0 radical (unpaired) electrons. The van der Waals surface area contributed by atoms with E-state index < -0.39 is 11.7 Å². The van der Waals surface area contributed by atoms with Gasteiger partial charge in [0.1, 0.15) is 11.5 Å². The highest BCUT2D eigenvalue weighted by Crippen LogP contribution is 2.39. The molecular weight excluding hydrogens is 963 g/mol. The number of fused-ring (bicyclic) bond motifs is 2. The molecule has 2 atom stereocenters. The standard InChI is InChI=1S/C34H40N4O3.C30H33N3O3/c1-23-14-17-38(18-15-23)29-9-6-16-37(22-29)21-27-19-26(10-12-30(27)25-7-4-3-5-8-25)34(40)35-28-11-13-32-31(20-28)36-33(39)24(2)41-32;1-30(2)29(35)32(3)26-19-24(13-15-27(26)36-30)31-28(34)22-12-14-25(21-10-6-4-7-11-21)23(18-22)20-33-16-8-5-9-17-33/h3-5,7-8,10-13,19-20,23-24,29H,6,9,14-18,21-22H2,1-2H3,(H,35,40)(H,36,39);4,6-7,10-15,18-19H,5,8-9,16-17,20H2,1-3H3,(H,31,34). The lowest BCUT2D eigenvalue weighted by molar-refractivity contribution is -0.132. The van der Waals surface area contributed by atoms with E-state index in [-0.39, 0.29) is 23.6 Å². The van der Waals surface area contributed by atoms with Crippen LogP contribution < -0.4 is 30.3 Å². The molecule has 6 aromatic rings. The number of carbonyl (C=O) groups is 4. The molecule has 400 valence electrons. The Morgan fingerprint density at radius 3 is 1.79 bits per heavy atom. The minimum atomic E-state index is -0.919. The number of benzene rings is 6. The molecule has 0 aliphatic carbocycles. The normalized spacial score (nSPS) is 19.8. The number of piperidine rings is 3. The first-order valence-electron chi connectivity index (χ1n) is 27.7. The molecule has 5 heterocycles. The monoisotopic (exact) mass is 1040 g/mol. The van der Waals surface area contributed by atoms with Crippen LogP contribution in [-0.4, -0.2) is 102 Å². The van der Waals surface area contributed by atoms with Crippen LogP contribution >= 0.6 is 0 Å². The van der Waals surface area contributed by atoms with Gasteiger partial charge in [0.25, 0.3) is 23.6 Å². The summed E-state index contributed by atoms with van der Waals surface area (Å²) in [7, 11) is 1.73. The zero-order valence-electron chi connectivity index (χ0n) is 45.3. The van der Waals surface area contributed by atoms with Crippen LogP contribution in [0.2, 0.25) is 0 Å². The quantitative estimate of drug-likeness (QED) is 0.116. The van der Waals surface area contributed by atoms with Gasteiger partial charge in [0.15, 0.2) is 11.7 Å². The van der Waals surface area contributed by atoms with Gasteiger partial charge in [-0.3, -0.25) is 33.9 Å². The van der Waals surface area contributed by atoms with Crippen molar-refractivity contribution in [2.75, 3.05) is 67.2 Å². The molecular formula is C64H73N7O6. The maximum Gasteiger partial charge on any atom is 0.270 e. The molecule has 0 spiro atoms. The van der Waals surface area contributed by atoms with Crippen molar-refractivity contribution < 1.29 is 28.7 Å². The van der Waals surface area contributed by atoms with Crippen molar-refractivity contribution in [1.29, 1.82) is 0 Å². The summed E-state index contributed by atoms with van der Waals surface area (Å²) in [6.45, 7) is 16.0. The number of ether oxygens (including phenoxy) is 2. The van der Waals surface area contributed by atoms with Crippen LogP contribution in [0.4, 0.5) is 22.7 Å². The molecule has 77 heavy (non-hydrogen) atoms. The largest absolute Gasteiger partial charge is 0.479 e. The van der Waals surface area contributed by atoms with Gasteiger partial charge in [-0.1, -0.05) is 86.1 Å². The van der Waals surface area contributed by atoms with Crippen molar-refractivity contribution in [3.05, 3.63) is 156 Å². The third-order valence-electron chi connectivity index (χ3n) is 15.9. The molecule has 6 aromatic carbocycles. The second-order valence-corrected chi connectivity index (χ2v) is 22.1. The van der Waals surface area contributed by atoms with Crippen LogP contribution in [0.5, 0.6) is 11.5 Å². The second kappa shape index (κ2) is 23.5. The summed E-state index contributed by atoms with van der Waals surface area (Å²) in [5.74, 6) is 1.38. The zero-order chi connectivity index (χ0) is 53.6. The molecule has 5 aliphatic rings. The van der Waals surface area contributed by atoms with Crippen molar-refractivity contribution in [3.8, 4) is 33.8 Å². The van der Waals surface area contributed by atoms with Crippen LogP contribution in [-0.2, 0) is 22.7 Å². The van der Waals surface area contributed by atoms with Crippen molar-refractivity contribution >= 4 is 46.4 Å². The Bertz CT molecular complexity index is 3090. The van der Waals surface area contributed by atoms with Crippen molar-refractivity contribution in [2.45, 2.75) is 103 Å². The maximum absolute atomic E-state index is 13.4. The van der Waals surface area contributed by atoms with Gasteiger partial charge in [0.05, 0.1) is 11.4 Å². The number of carbonyl (C=O) groups excluding carboxylic acids is 4. The van der Waals surface area contributed by atoms with Gasteiger partial charge in [-0.05, 0) is 192 Å². The summed E-state index contributed by atoms with van der Waals surface area (Å²) >= 11 is 0. The molecule has 0 saturated carbocycles. The van der Waals surface area contributed by atoms with E-state index in [1.807, 2.05) is 48.5 Å². The fourth-order valence-corrected chi connectivity index (χ4v) is 11.5. The lowest BCUT2D eigenvalue weighted by Gasteiger charge is -2.42. The third kappa shape index (κ3) is 12.6. The summed E-state index contributed by atoms with van der Waals surface area (Å²) in [5, 5.41) is 8.87. The number of likely N-dealkylation sites (tertiary alicyclic amines) is 3. The topological polar surface area (TPSA) is 136 Å². The van der Waals surface area contributed by atoms with Crippen LogP contribution in [0, 0.1) is 5.92 Å². The highest BCUT2D eigenvalue weighted by Gasteiger charge is 2.39. The van der Waals surface area contributed by atoms with E-state index in [1.54, 1.807) is 63.1 Å². The molecule has 3 saturated heterocycles. The summed E-state index contributed by atoms with van der Waals surface area (Å²) < 4.78 is 11.5. The predicted molar refractivity (Wildman–Crippen MR) is 307 cm³/mol. The first kappa shape index (κ1) is 53.1. The molecule has 2 unspecified atom stereocenters. The Labute approximate surface area is 453 Å². The van der Waals surface area contributed by atoms with E-state index in [1.165, 1.54) is 63.6 Å². The van der Waals surface area contributed by atoms with E-state index in [0.717, 1.165) is 73.0 Å². The number of anilines is 4. The minimum absolute atomic E-state index is 0.127. The van der Waals surface area contributed by atoms with Crippen molar-refractivity contribution in [3.63, 3.8) is 0 Å². The third-order valence-corrected chi connectivity index (χ3v) is 15.9.